The number of esters is 1. The van der Waals surface area contributed by atoms with Gasteiger partial charge in [-0.2, -0.15) is 0 Å². The Kier molecular flexibility index (Phi) is 5.64. The van der Waals surface area contributed by atoms with Crippen molar-refractivity contribution in [2.45, 2.75) is 25.2 Å². The van der Waals surface area contributed by atoms with Crippen LogP contribution in [0.3, 0.4) is 0 Å². The number of benzene rings is 2. The zero-order valence-corrected chi connectivity index (χ0v) is 16.9. The summed E-state index contributed by atoms with van der Waals surface area (Å²) < 4.78 is 41.4. The molecule has 8 heteroatoms. The number of aryl methyl sites for hydroxylation is 1. The standard InChI is InChI=1S/C20H18FNO4S2/c1-3-17-12(2)18(13-4-10-16(11-5-13)28(22,24)25)19(27-17)20(23)26-15-8-6-14(21)7-9-15/h4-11H,3H2,1-2H3,(H2,22,24,25). The third kappa shape index (κ3) is 4.14. The van der Waals surface area contributed by atoms with Gasteiger partial charge in [-0.25, -0.2) is 22.7 Å². The molecule has 2 aromatic carbocycles. The Bertz CT molecular complexity index is 1120. The summed E-state index contributed by atoms with van der Waals surface area (Å²) in [6.07, 6.45) is 0.739. The monoisotopic (exact) mass is 419 g/mol. The minimum absolute atomic E-state index is 0.00436. The lowest BCUT2D eigenvalue weighted by atomic mass is 10.0. The Morgan fingerprint density at radius 1 is 1.11 bits per heavy atom. The second-order valence-electron chi connectivity index (χ2n) is 6.12. The van der Waals surface area contributed by atoms with Gasteiger partial charge in [-0.1, -0.05) is 19.1 Å². The first-order valence-electron chi connectivity index (χ1n) is 8.44. The fraction of sp³-hybridized carbons (Fsp3) is 0.150. The van der Waals surface area contributed by atoms with E-state index in [2.05, 4.69) is 0 Å². The molecule has 0 bridgehead atoms. The molecule has 0 atom stereocenters. The summed E-state index contributed by atoms with van der Waals surface area (Å²) in [7, 11) is -3.80. The Hall–Kier alpha value is -2.55. The van der Waals surface area contributed by atoms with Crippen molar-refractivity contribution in [2.75, 3.05) is 0 Å². The summed E-state index contributed by atoms with van der Waals surface area (Å²) in [6, 6.07) is 11.2. The van der Waals surface area contributed by atoms with E-state index in [-0.39, 0.29) is 10.6 Å². The van der Waals surface area contributed by atoms with Crippen LogP contribution in [0.5, 0.6) is 5.75 Å². The average Bonchev–Trinajstić information content (AvgIpc) is 2.99. The largest absolute Gasteiger partial charge is 0.422 e. The van der Waals surface area contributed by atoms with Crippen LogP contribution in [0.1, 0.15) is 27.0 Å². The summed E-state index contributed by atoms with van der Waals surface area (Å²) >= 11 is 1.33. The van der Waals surface area contributed by atoms with Crippen molar-refractivity contribution in [2.24, 2.45) is 5.14 Å². The number of nitrogens with two attached hydrogens (primary N) is 1. The number of carbonyl (C=O) groups excluding carboxylic acids is 1. The van der Waals surface area contributed by atoms with Gasteiger partial charge in [0, 0.05) is 10.4 Å². The van der Waals surface area contributed by atoms with E-state index in [1.54, 1.807) is 12.1 Å². The number of hydrogen-bond acceptors (Lipinski definition) is 5. The third-order valence-corrected chi connectivity index (χ3v) is 6.59. The van der Waals surface area contributed by atoms with E-state index >= 15 is 0 Å². The number of primary sulfonamides is 1. The number of rotatable bonds is 5. The van der Waals surface area contributed by atoms with E-state index in [1.165, 1.54) is 47.7 Å². The van der Waals surface area contributed by atoms with Crippen molar-refractivity contribution < 1.29 is 22.3 Å². The van der Waals surface area contributed by atoms with Gasteiger partial charge in [-0.05, 0) is 60.9 Å². The molecule has 0 amide bonds. The molecule has 0 aliphatic carbocycles. The van der Waals surface area contributed by atoms with Gasteiger partial charge in [0.15, 0.2) is 0 Å². The Balaban J connectivity index is 2.02. The number of halogens is 1. The lowest BCUT2D eigenvalue weighted by Crippen LogP contribution is -2.12. The predicted molar refractivity (Wildman–Crippen MR) is 107 cm³/mol. The van der Waals surface area contributed by atoms with Gasteiger partial charge >= 0.3 is 5.97 Å². The molecule has 2 N–H and O–H groups in total. The Labute approximate surface area is 166 Å². The van der Waals surface area contributed by atoms with Crippen molar-refractivity contribution in [3.05, 3.63) is 69.7 Å². The summed E-state index contributed by atoms with van der Waals surface area (Å²) in [4.78, 5) is 14.2. The van der Waals surface area contributed by atoms with Crippen LogP contribution in [0.4, 0.5) is 4.39 Å². The van der Waals surface area contributed by atoms with Crippen LogP contribution in [0.2, 0.25) is 0 Å². The molecule has 0 spiro atoms. The molecule has 0 aliphatic rings. The van der Waals surface area contributed by atoms with Crippen molar-refractivity contribution in [3.8, 4) is 16.9 Å². The molecule has 0 saturated heterocycles. The van der Waals surface area contributed by atoms with Gasteiger partial charge in [0.2, 0.25) is 10.0 Å². The third-order valence-electron chi connectivity index (χ3n) is 4.25. The molecule has 0 aliphatic heterocycles. The smallest absolute Gasteiger partial charge is 0.354 e. The van der Waals surface area contributed by atoms with E-state index in [0.717, 1.165) is 16.9 Å². The molecule has 1 aromatic heterocycles. The molecular weight excluding hydrogens is 401 g/mol. The minimum Gasteiger partial charge on any atom is -0.422 e. The van der Waals surface area contributed by atoms with Crippen LogP contribution in [0.15, 0.2) is 53.4 Å². The summed E-state index contributed by atoms with van der Waals surface area (Å²) in [5, 5.41) is 5.15. The van der Waals surface area contributed by atoms with Gasteiger partial charge in [0.25, 0.3) is 0 Å². The van der Waals surface area contributed by atoms with Crippen LogP contribution in [0.25, 0.3) is 11.1 Å². The zero-order chi connectivity index (χ0) is 20.5. The highest BCUT2D eigenvalue weighted by molar-refractivity contribution is 7.89. The summed E-state index contributed by atoms with van der Waals surface area (Å²) in [5.41, 5.74) is 2.31. The van der Waals surface area contributed by atoms with Crippen LogP contribution in [-0.4, -0.2) is 14.4 Å². The van der Waals surface area contributed by atoms with Crippen molar-refractivity contribution in [1.82, 2.24) is 0 Å². The van der Waals surface area contributed by atoms with Crippen molar-refractivity contribution in [1.29, 1.82) is 0 Å². The van der Waals surface area contributed by atoms with Crippen molar-refractivity contribution in [3.63, 3.8) is 0 Å². The second-order valence-corrected chi connectivity index (χ2v) is 8.79. The van der Waals surface area contributed by atoms with E-state index < -0.39 is 21.8 Å². The summed E-state index contributed by atoms with van der Waals surface area (Å²) in [6.45, 7) is 3.90. The first-order valence-corrected chi connectivity index (χ1v) is 10.8. The molecule has 0 unspecified atom stereocenters. The number of thiophene rings is 1. The van der Waals surface area contributed by atoms with E-state index in [1.807, 2.05) is 13.8 Å². The highest BCUT2D eigenvalue weighted by Crippen LogP contribution is 2.37. The molecule has 0 fully saturated rings. The van der Waals surface area contributed by atoms with Gasteiger partial charge in [-0.15, -0.1) is 11.3 Å². The number of sulfonamides is 1. The topological polar surface area (TPSA) is 86.5 Å². The first-order chi connectivity index (χ1) is 13.2. The fourth-order valence-corrected chi connectivity index (χ4v) is 4.52. The fourth-order valence-electron chi connectivity index (χ4n) is 2.86. The van der Waals surface area contributed by atoms with E-state index in [9.17, 15) is 17.6 Å². The minimum atomic E-state index is -3.80. The lowest BCUT2D eigenvalue weighted by molar-refractivity contribution is 0.0740. The highest BCUT2D eigenvalue weighted by atomic mass is 32.2. The maximum atomic E-state index is 13.1. The molecule has 146 valence electrons. The van der Waals surface area contributed by atoms with Crippen LogP contribution in [0, 0.1) is 12.7 Å². The first kappa shape index (κ1) is 20.2. The number of hydrogen-bond donors (Lipinski definition) is 1. The highest BCUT2D eigenvalue weighted by Gasteiger charge is 2.23. The Morgan fingerprint density at radius 2 is 1.71 bits per heavy atom. The van der Waals surface area contributed by atoms with Gasteiger partial charge in [0.1, 0.15) is 16.4 Å². The van der Waals surface area contributed by atoms with Gasteiger partial charge < -0.3 is 4.74 Å². The predicted octanol–water partition coefficient (Wildman–Crippen LogP) is 4.29. The lowest BCUT2D eigenvalue weighted by Gasteiger charge is -2.08. The van der Waals surface area contributed by atoms with Crippen molar-refractivity contribution >= 4 is 27.3 Å². The molecule has 0 saturated carbocycles. The summed E-state index contributed by atoms with van der Waals surface area (Å²) in [5.74, 6) is -0.730. The molecule has 1 heterocycles. The zero-order valence-electron chi connectivity index (χ0n) is 15.2. The molecule has 3 aromatic rings. The molecular formula is C20H18FNO4S2. The van der Waals surface area contributed by atoms with Crippen LogP contribution >= 0.6 is 11.3 Å². The normalized spacial score (nSPS) is 11.4. The quantitative estimate of drug-likeness (QED) is 0.494. The molecule has 3 rings (SSSR count). The maximum Gasteiger partial charge on any atom is 0.354 e. The SMILES string of the molecule is CCc1sc(C(=O)Oc2ccc(F)cc2)c(-c2ccc(S(N)(=O)=O)cc2)c1C. The molecule has 5 nitrogen and oxygen atoms in total. The van der Waals surface area contributed by atoms with Gasteiger partial charge in [-0.3, -0.25) is 0 Å². The van der Waals surface area contributed by atoms with Crippen LogP contribution < -0.4 is 9.88 Å². The van der Waals surface area contributed by atoms with Gasteiger partial charge in [0.05, 0.1) is 4.90 Å². The number of ether oxygens (including phenoxy) is 1. The maximum absolute atomic E-state index is 13.1. The Morgan fingerprint density at radius 3 is 2.25 bits per heavy atom. The second kappa shape index (κ2) is 7.83. The van der Waals surface area contributed by atoms with E-state index in [4.69, 9.17) is 9.88 Å². The molecule has 0 radical (unpaired) electrons. The number of carbonyl (C=O) groups is 1. The van der Waals surface area contributed by atoms with E-state index in [0.29, 0.717) is 16.0 Å². The average molecular weight is 419 g/mol. The molecule has 28 heavy (non-hydrogen) atoms. The van der Waals surface area contributed by atoms with Crippen LogP contribution in [-0.2, 0) is 16.4 Å².